The summed E-state index contributed by atoms with van der Waals surface area (Å²) in [5, 5.41) is 0. The maximum atomic E-state index is 5.85. The van der Waals surface area contributed by atoms with Gasteiger partial charge < -0.3 is 10.6 Å². The van der Waals surface area contributed by atoms with E-state index in [4.69, 9.17) is 5.73 Å². The number of anilines is 2. The standard InChI is InChI=1S/C13H20BrN3/c1-3-10-4-6-17(7-5-10)13-12(14)9(2)11(15)8-16-13/h8,10H,3-7,15H2,1-2H3. The first kappa shape index (κ1) is 12.7. The fourth-order valence-corrected chi connectivity index (χ4v) is 2.93. The molecule has 17 heavy (non-hydrogen) atoms. The maximum absolute atomic E-state index is 5.85. The van der Waals surface area contributed by atoms with Gasteiger partial charge in [0.2, 0.25) is 0 Å². The van der Waals surface area contributed by atoms with Crippen molar-refractivity contribution in [3.63, 3.8) is 0 Å². The second-order valence-electron chi connectivity index (χ2n) is 4.81. The van der Waals surface area contributed by atoms with Crippen LogP contribution in [0.2, 0.25) is 0 Å². The van der Waals surface area contributed by atoms with Crippen LogP contribution in [0.3, 0.4) is 0 Å². The van der Waals surface area contributed by atoms with Crippen LogP contribution in [0.5, 0.6) is 0 Å². The van der Waals surface area contributed by atoms with Gasteiger partial charge in [-0.05, 0) is 47.2 Å². The number of piperidine rings is 1. The average molecular weight is 298 g/mol. The Kier molecular flexibility index (Phi) is 3.92. The van der Waals surface area contributed by atoms with Crippen molar-refractivity contribution in [2.45, 2.75) is 33.1 Å². The second-order valence-corrected chi connectivity index (χ2v) is 5.61. The zero-order chi connectivity index (χ0) is 12.4. The summed E-state index contributed by atoms with van der Waals surface area (Å²) in [7, 11) is 0. The second kappa shape index (κ2) is 5.25. The van der Waals surface area contributed by atoms with Gasteiger partial charge in [-0.1, -0.05) is 13.3 Å². The highest BCUT2D eigenvalue weighted by atomic mass is 79.9. The highest BCUT2D eigenvalue weighted by Crippen LogP contribution is 2.33. The molecule has 0 spiro atoms. The Morgan fingerprint density at radius 1 is 1.47 bits per heavy atom. The van der Waals surface area contributed by atoms with E-state index in [0.717, 1.165) is 40.5 Å². The molecule has 2 rings (SSSR count). The largest absolute Gasteiger partial charge is 0.397 e. The zero-order valence-electron chi connectivity index (χ0n) is 10.5. The van der Waals surface area contributed by atoms with Gasteiger partial charge in [0.05, 0.1) is 16.4 Å². The lowest BCUT2D eigenvalue weighted by Crippen LogP contribution is -2.34. The molecule has 0 atom stereocenters. The van der Waals surface area contributed by atoms with Gasteiger partial charge >= 0.3 is 0 Å². The van der Waals surface area contributed by atoms with E-state index in [-0.39, 0.29) is 0 Å². The first-order valence-electron chi connectivity index (χ1n) is 6.29. The van der Waals surface area contributed by atoms with Crippen LogP contribution in [0.15, 0.2) is 10.7 Å². The van der Waals surface area contributed by atoms with Crippen molar-refractivity contribution in [2.75, 3.05) is 23.7 Å². The van der Waals surface area contributed by atoms with Crippen molar-refractivity contribution in [1.29, 1.82) is 0 Å². The van der Waals surface area contributed by atoms with E-state index in [2.05, 4.69) is 32.7 Å². The molecule has 0 aromatic carbocycles. The maximum Gasteiger partial charge on any atom is 0.143 e. The third kappa shape index (κ3) is 2.57. The Hall–Kier alpha value is -0.770. The van der Waals surface area contributed by atoms with Gasteiger partial charge in [0.1, 0.15) is 5.82 Å². The highest BCUT2D eigenvalue weighted by Gasteiger charge is 2.21. The van der Waals surface area contributed by atoms with Gasteiger partial charge in [0.25, 0.3) is 0 Å². The van der Waals surface area contributed by atoms with Crippen LogP contribution in [0.4, 0.5) is 11.5 Å². The van der Waals surface area contributed by atoms with Crippen LogP contribution < -0.4 is 10.6 Å². The molecule has 1 fully saturated rings. The van der Waals surface area contributed by atoms with Crippen LogP contribution in [-0.4, -0.2) is 18.1 Å². The third-order valence-corrected chi connectivity index (χ3v) is 4.73. The molecule has 4 heteroatoms. The first-order chi connectivity index (χ1) is 8.13. The van der Waals surface area contributed by atoms with Crippen LogP contribution in [0, 0.1) is 12.8 Å². The van der Waals surface area contributed by atoms with E-state index in [1.165, 1.54) is 19.3 Å². The van der Waals surface area contributed by atoms with Gasteiger partial charge in [0, 0.05) is 13.1 Å². The molecule has 1 saturated heterocycles. The minimum atomic E-state index is 0.754. The van der Waals surface area contributed by atoms with Crippen molar-refractivity contribution in [1.82, 2.24) is 4.98 Å². The fourth-order valence-electron chi connectivity index (χ4n) is 2.35. The van der Waals surface area contributed by atoms with Crippen molar-refractivity contribution in [3.8, 4) is 0 Å². The molecule has 2 heterocycles. The lowest BCUT2D eigenvalue weighted by Gasteiger charge is -2.33. The monoisotopic (exact) mass is 297 g/mol. The molecule has 1 aliphatic rings. The fraction of sp³-hybridized carbons (Fsp3) is 0.615. The average Bonchev–Trinajstić information content (AvgIpc) is 2.36. The number of nitrogens with two attached hydrogens (primary N) is 1. The number of halogens is 1. The summed E-state index contributed by atoms with van der Waals surface area (Å²) in [6, 6.07) is 0. The Bertz CT molecular complexity index is 398. The normalized spacial score (nSPS) is 17.5. The smallest absolute Gasteiger partial charge is 0.143 e. The molecule has 0 unspecified atom stereocenters. The molecule has 2 N–H and O–H groups in total. The Balaban J connectivity index is 2.16. The number of aromatic nitrogens is 1. The van der Waals surface area contributed by atoms with Gasteiger partial charge in [-0.15, -0.1) is 0 Å². The van der Waals surface area contributed by atoms with E-state index in [0.29, 0.717) is 0 Å². The van der Waals surface area contributed by atoms with Crippen molar-refractivity contribution < 1.29 is 0 Å². The lowest BCUT2D eigenvalue weighted by molar-refractivity contribution is 0.393. The highest BCUT2D eigenvalue weighted by molar-refractivity contribution is 9.10. The molecule has 1 aromatic heterocycles. The van der Waals surface area contributed by atoms with Gasteiger partial charge in [-0.2, -0.15) is 0 Å². The number of rotatable bonds is 2. The number of nitrogen functional groups attached to an aromatic ring is 1. The SMILES string of the molecule is CCC1CCN(c2ncc(N)c(C)c2Br)CC1. The predicted molar refractivity (Wildman–Crippen MR) is 76.3 cm³/mol. The van der Waals surface area contributed by atoms with Crippen LogP contribution >= 0.6 is 15.9 Å². The van der Waals surface area contributed by atoms with E-state index in [9.17, 15) is 0 Å². The molecule has 0 saturated carbocycles. The minimum Gasteiger partial charge on any atom is -0.397 e. The van der Waals surface area contributed by atoms with Crippen molar-refractivity contribution >= 4 is 27.4 Å². The van der Waals surface area contributed by atoms with E-state index in [1.54, 1.807) is 6.20 Å². The molecular weight excluding hydrogens is 278 g/mol. The number of nitrogens with zero attached hydrogens (tertiary/aromatic N) is 2. The predicted octanol–water partition coefficient (Wildman–Crippen LogP) is 3.36. The molecular formula is C13H20BrN3. The van der Waals surface area contributed by atoms with Gasteiger partial charge in [-0.25, -0.2) is 4.98 Å². The topological polar surface area (TPSA) is 42.2 Å². The number of hydrogen-bond donors (Lipinski definition) is 1. The Morgan fingerprint density at radius 3 is 2.71 bits per heavy atom. The molecule has 0 bridgehead atoms. The summed E-state index contributed by atoms with van der Waals surface area (Å²) < 4.78 is 1.05. The molecule has 0 radical (unpaired) electrons. The zero-order valence-corrected chi connectivity index (χ0v) is 12.1. The van der Waals surface area contributed by atoms with Crippen LogP contribution in [-0.2, 0) is 0 Å². The minimum absolute atomic E-state index is 0.754. The summed E-state index contributed by atoms with van der Waals surface area (Å²) in [6.45, 7) is 6.52. The van der Waals surface area contributed by atoms with Gasteiger partial charge in [-0.3, -0.25) is 0 Å². The van der Waals surface area contributed by atoms with Gasteiger partial charge in [0.15, 0.2) is 0 Å². The van der Waals surface area contributed by atoms with Crippen LogP contribution in [0.25, 0.3) is 0 Å². The summed E-state index contributed by atoms with van der Waals surface area (Å²) in [6.07, 6.45) is 5.60. The third-order valence-electron chi connectivity index (χ3n) is 3.78. The van der Waals surface area contributed by atoms with Crippen LogP contribution in [0.1, 0.15) is 31.7 Å². The number of hydrogen-bond acceptors (Lipinski definition) is 3. The summed E-state index contributed by atoms with van der Waals surface area (Å²) in [5.74, 6) is 1.94. The van der Waals surface area contributed by atoms with E-state index in [1.807, 2.05) is 6.92 Å². The molecule has 1 aliphatic heterocycles. The quantitative estimate of drug-likeness (QED) is 0.910. The first-order valence-corrected chi connectivity index (χ1v) is 7.08. The van der Waals surface area contributed by atoms with E-state index >= 15 is 0 Å². The molecule has 94 valence electrons. The van der Waals surface area contributed by atoms with Crippen molar-refractivity contribution in [2.24, 2.45) is 5.92 Å². The van der Waals surface area contributed by atoms with Crippen molar-refractivity contribution in [3.05, 3.63) is 16.2 Å². The Morgan fingerprint density at radius 2 is 2.12 bits per heavy atom. The lowest BCUT2D eigenvalue weighted by atomic mass is 9.94. The van der Waals surface area contributed by atoms with E-state index < -0.39 is 0 Å². The summed E-state index contributed by atoms with van der Waals surface area (Å²) in [4.78, 5) is 6.83. The molecule has 0 aliphatic carbocycles. The Labute approximate surface area is 112 Å². The molecule has 0 amide bonds. The molecule has 3 nitrogen and oxygen atoms in total. The molecule has 1 aromatic rings. The summed E-state index contributed by atoms with van der Waals surface area (Å²) >= 11 is 3.61. The number of pyridine rings is 1. The summed E-state index contributed by atoms with van der Waals surface area (Å²) in [5.41, 5.74) is 7.70.